The summed E-state index contributed by atoms with van der Waals surface area (Å²) in [6, 6.07) is 8.49. The second-order valence-electron chi connectivity index (χ2n) is 8.00. The van der Waals surface area contributed by atoms with Gasteiger partial charge in [-0.05, 0) is 28.3 Å². The fourth-order valence-electron chi connectivity index (χ4n) is 2.15. The largest absolute Gasteiger partial charge is 0.0992 e. The van der Waals surface area contributed by atoms with Crippen molar-refractivity contribution < 1.29 is 0 Å². The third-order valence-electron chi connectivity index (χ3n) is 4.10. The molecule has 0 N–H and O–H groups in total. The Bertz CT molecular complexity index is 581. The van der Waals surface area contributed by atoms with Crippen LogP contribution in [0.3, 0.4) is 0 Å². The molecule has 0 heterocycles. The van der Waals surface area contributed by atoms with Crippen LogP contribution < -0.4 is 0 Å². The molecule has 1 aromatic carbocycles. The molecule has 0 fully saturated rings. The van der Waals surface area contributed by atoms with Gasteiger partial charge in [-0.3, -0.25) is 0 Å². The summed E-state index contributed by atoms with van der Waals surface area (Å²) in [5, 5.41) is 2.42. The van der Waals surface area contributed by atoms with E-state index in [4.69, 9.17) is 0 Å². The average molecular weight is 327 g/mol. The molecule has 0 saturated heterocycles. The molecule has 0 unspecified atom stereocenters. The van der Waals surface area contributed by atoms with E-state index in [1.54, 1.807) is 0 Å². The third kappa shape index (κ3) is 4.31. The minimum Gasteiger partial charge on any atom is -0.0992 e. The second-order valence-corrected chi connectivity index (χ2v) is 18.2. The Kier molecular flexibility index (Phi) is 5.42. The molecule has 0 nitrogen and oxygen atoms in total. The molecule has 0 amide bonds. The maximum Gasteiger partial charge on any atom is 0.0776 e. The standard InChI is InChI=1S/C20H30Si2/c1-15(17(3)21(5,6)7)19-12-11-13-20(14-19)16(2)18(4)22(8,9)10/h11-14H,1-4H2,5-10H3. The van der Waals surface area contributed by atoms with E-state index < -0.39 is 16.1 Å². The fourth-order valence-corrected chi connectivity index (χ4v) is 4.25. The van der Waals surface area contributed by atoms with E-state index in [9.17, 15) is 0 Å². The van der Waals surface area contributed by atoms with Gasteiger partial charge in [-0.25, -0.2) is 0 Å². The highest BCUT2D eigenvalue weighted by molar-refractivity contribution is 6.85. The molecule has 1 rings (SSSR count). The molecule has 0 aromatic heterocycles. The molecular formula is C20H30Si2. The van der Waals surface area contributed by atoms with Gasteiger partial charge in [0.25, 0.3) is 0 Å². The van der Waals surface area contributed by atoms with E-state index in [2.05, 4.69) is 89.9 Å². The van der Waals surface area contributed by atoms with Gasteiger partial charge in [-0.2, -0.15) is 0 Å². The third-order valence-corrected chi connectivity index (χ3v) is 8.32. The van der Waals surface area contributed by atoms with Crippen molar-refractivity contribution in [2.24, 2.45) is 0 Å². The first-order valence-electron chi connectivity index (χ1n) is 7.74. The van der Waals surface area contributed by atoms with Gasteiger partial charge >= 0.3 is 0 Å². The molecule has 0 bridgehead atoms. The summed E-state index contributed by atoms with van der Waals surface area (Å²) < 4.78 is 0. The van der Waals surface area contributed by atoms with Gasteiger partial charge < -0.3 is 0 Å². The highest BCUT2D eigenvalue weighted by Crippen LogP contribution is 2.32. The lowest BCUT2D eigenvalue weighted by molar-refractivity contribution is 1.54. The van der Waals surface area contributed by atoms with E-state index in [1.807, 2.05) is 0 Å². The SMILES string of the molecule is C=C(C(=C)[Si](C)(C)C)c1cccc(C(=C)C(=C)[Si](C)(C)C)c1. The number of hydrogen-bond acceptors (Lipinski definition) is 0. The molecule has 0 radical (unpaired) electrons. The van der Waals surface area contributed by atoms with E-state index in [1.165, 1.54) is 10.4 Å². The Morgan fingerprint density at radius 2 is 1.00 bits per heavy atom. The smallest absolute Gasteiger partial charge is 0.0776 e. The summed E-state index contributed by atoms with van der Waals surface area (Å²) in [7, 11) is -2.86. The summed E-state index contributed by atoms with van der Waals surface area (Å²) >= 11 is 0. The van der Waals surface area contributed by atoms with E-state index in [0.29, 0.717) is 0 Å². The Hall–Kier alpha value is -1.39. The van der Waals surface area contributed by atoms with Gasteiger partial charge in [0.05, 0.1) is 16.1 Å². The zero-order chi connectivity index (χ0) is 17.3. The molecule has 1 aromatic rings. The van der Waals surface area contributed by atoms with Crippen molar-refractivity contribution in [3.8, 4) is 0 Å². The molecule has 0 saturated carbocycles. The molecular weight excluding hydrogens is 296 g/mol. The van der Waals surface area contributed by atoms with Gasteiger partial charge in [-0.15, -0.1) is 0 Å². The van der Waals surface area contributed by atoms with Crippen molar-refractivity contribution in [2.45, 2.75) is 39.3 Å². The lowest BCUT2D eigenvalue weighted by atomic mass is 10.0. The minimum absolute atomic E-state index is 1.06. The number of hydrogen-bond donors (Lipinski definition) is 0. The van der Waals surface area contributed by atoms with Gasteiger partial charge in [0, 0.05) is 0 Å². The van der Waals surface area contributed by atoms with Gasteiger partial charge in [-0.1, -0.05) is 94.2 Å². The zero-order valence-corrected chi connectivity index (χ0v) is 17.1. The number of allylic oxidation sites excluding steroid dienone is 4. The van der Waals surface area contributed by atoms with Crippen molar-refractivity contribution in [1.82, 2.24) is 0 Å². The highest BCUT2D eigenvalue weighted by Gasteiger charge is 2.22. The first-order chi connectivity index (χ1) is 9.85. The number of rotatable bonds is 6. The molecule has 2 heteroatoms. The first-order valence-corrected chi connectivity index (χ1v) is 14.7. The summed E-state index contributed by atoms with van der Waals surface area (Å²) in [4.78, 5) is 0. The lowest BCUT2D eigenvalue weighted by Gasteiger charge is -2.24. The topological polar surface area (TPSA) is 0 Å². The predicted octanol–water partition coefficient (Wildman–Crippen LogP) is 6.58. The van der Waals surface area contributed by atoms with E-state index >= 15 is 0 Å². The maximum absolute atomic E-state index is 4.28. The zero-order valence-electron chi connectivity index (χ0n) is 15.1. The van der Waals surface area contributed by atoms with Crippen LogP contribution in [0, 0.1) is 0 Å². The monoisotopic (exact) mass is 326 g/mol. The van der Waals surface area contributed by atoms with Crippen molar-refractivity contribution in [1.29, 1.82) is 0 Å². The van der Waals surface area contributed by atoms with Crippen molar-refractivity contribution in [3.63, 3.8) is 0 Å². The summed E-state index contributed by atoms with van der Waals surface area (Å²) in [5.74, 6) is 0. The van der Waals surface area contributed by atoms with Gasteiger partial charge in [0.15, 0.2) is 0 Å². The van der Waals surface area contributed by atoms with Crippen LogP contribution in [0.1, 0.15) is 11.1 Å². The molecule has 0 aliphatic rings. The van der Waals surface area contributed by atoms with Crippen LogP contribution in [0.25, 0.3) is 11.1 Å². The second kappa shape index (κ2) is 6.39. The quantitative estimate of drug-likeness (QED) is 0.409. The Morgan fingerprint density at radius 3 is 1.27 bits per heavy atom. The summed E-state index contributed by atoms with van der Waals surface area (Å²) in [6.45, 7) is 30.9. The van der Waals surface area contributed by atoms with Crippen molar-refractivity contribution >= 4 is 27.3 Å². The molecule has 0 aliphatic carbocycles. The van der Waals surface area contributed by atoms with Crippen LogP contribution >= 0.6 is 0 Å². The van der Waals surface area contributed by atoms with Crippen LogP contribution in [-0.2, 0) is 0 Å². The molecule has 0 spiro atoms. The fraction of sp³-hybridized carbons (Fsp3) is 0.300. The van der Waals surface area contributed by atoms with Crippen molar-refractivity contribution in [3.05, 3.63) is 72.1 Å². The molecule has 0 aliphatic heterocycles. The maximum atomic E-state index is 4.28. The number of benzene rings is 1. The summed E-state index contributed by atoms with van der Waals surface area (Å²) in [6.07, 6.45) is 0. The van der Waals surface area contributed by atoms with Crippen LogP contribution in [0.4, 0.5) is 0 Å². The Morgan fingerprint density at radius 1 is 0.682 bits per heavy atom. The van der Waals surface area contributed by atoms with Crippen LogP contribution in [0.5, 0.6) is 0 Å². The van der Waals surface area contributed by atoms with Gasteiger partial charge in [0.1, 0.15) is 0 Å². The highest BCUT2D eigenvalue weighted by atomic mass is 28.3. The summed E-state index contributed by atoms with van der Waals surface area (Å²) in [5.41, 5.74) is 4.42. The Labute approximate surface area is 139 Å². The first kappa shape index (κ1) is 18.7. The van der Waals surface area contributed by atoms with E-state index in [-0.39, 0.29) is 0 Å². The molecule has 22 heavy (non-hydrogen) atoms. The normalized spacial score (nSPS) is 11.9. The average Bonchev–Trinajstić information content (AvgIpc) is 2.42. The molecule has 118 valence electrons. The van der Waals surface area contributed by atoms with Crippen LogP contribution in [0.2, 0.25) is 39.3 Å². The van der Waals surface area contributed by atoms with Crippen molar-refractivity contribution in [2.75, 3.05) is 0 Å². The van der Waals surface area contributed by atoms with E-state index in [0.717, 1.165) is 22.3 Å². The predicted molar refractivity (Wildman–Crippen MR) is 109 cm³/mol. The van der Waals surface area contributed by atoms with Crippen LogP contribution in [-0.4, -0.2) is 16.1 Å². The van der Waals surface area contributed by atoms with Crippen LogP contribution in [0.15, 0.2) is 61.0 Å². The Balaban J connectivity index is 3.16. The lowest BCUT2D eigenvalue weighted by Crippen LogP contribution is -2.24. The van der Waals surface area contributed by atoms with Gasteiger partial charge in [0.2, 0.25) is 0 Å². The molecule has 0 atom stereocenters. The minimum atomic E-state index is -1.43.